The number of nitrogens with one attached hydrogen (secondary N) is 1. The molecule has 0 radical (unpaired) electrons. The molecule has 0 saturated heterocycles. The van der Waals surface area contributed by atoms with Gasteiger partial charge in [-0.3, -0.25) is 9.69 Å². The highest BCUT2D eigenvalue weighted by molar-refractivity contribution is 5.76. The van der Waals surface area contributed by atoms with Crippen molar-refractivity contribution in [2.45, 2.75) is 18.9 Å². The second-order valence-corrected chi connectivity index (χ2v) is 5.61. The van der Waals surface area contributed by atoms with Crippen molar-refractivity contribution in [1.29, 1.82) is 0 Å². The number of nitrogens with zero attached hydrogens (tertiary/aromatic N) is 1. The van der Waals surface area contributed by atoms with Crippen molar-refractivity contribution in [3.8, 4) is 5.75 Å². The first kappa shape index (κ1) is 17.1. The molecule has 1 heterocycles. The largest absolute Gasteiger partial charge is 0.496 e. The second kappa shape index (κ2) is 8.39. The Bertz CT molecular complexity index is 608. The van der Waals surface area contributed by atoms with Crippen molar-refractivity contribution in [3.63, 3.8) is 0 Å². The molecular formula is C18H24N2O3. The van der Waals surface area contributed by atoms with Crippen LogP contribution in [-0.2, 0) is 11.2 Å². The number of hydrogen-bond donors (Lipinski definition) is 1. The Kier molecular flexibility index (Phi) is 6.23. The molecule has 1 aromatic carbocycles. The first-order valence-electron chi connectivity index (χ1n) is 7.70. The first-order valence-corrected chi connectivity index (χ1v) is 7.70. The average Bonchev–Trinajstić information content (AvgIpc) is 3.07. The summed E-state index contributed by atoms with van der Waals surface area (Å²) < 4.78 is 10.7. The van der Waals surface area contributed by atoms with Gasteiger partial charge < -0.3 is 14.5 Å². The molecule has 5 nitrogen and oxygen atoms in total. The maximum absolute atomic E-state index is 12.1. The van der Waals surface area contributed by atoms with E-state index in [-0.39, 0.29) is 11.9 Å². The van der Waals surface area contributed by atoms with Gasteiger partial charge in [0.15, 0.2) is 0 Å². The molecule has 1 aromatic heterocycles. The molecule has 1 amide bonds. The summed E-state index contributed by atoms with van der Waals surface area (Å²) in [5.41, 5.74) is 1.04. The SMILES string of the molecule is COc1ccccc1CCC(=O)NC[C@@H](c1ccco1)N(C)C. The third-order valence-corrected chi connectivity index (χ3v) is 3.80. The predicted molar refractivity (Wildman–Crippen MR) is 89.5 cm³/mol. The van der Waals surface area contributed by atoms with E-state index in [2.05, 4.69) is 5.32 Å². The molecule has 5 heteroatoms. The predicted octanol–water partition coefficient (Wildman–Crippen LogP) is 2.64. The maximum Gasteiger partial charge on any atom is 0.220 e. The van der Waals surface area contributed by atoms with Gasteiger partial charge in [-0.25, -0.2) is 0 Å². The number of methoxy groups -OCH3 is 1. The van der Waals surface area contributed by atoms with Crippen LogP contribution in [0.15, 0.2) is 47.1 Å². The quantitative estimate of drug-likeness (QED) is 0.813. The summed E-state index contributed by atoms with van der Waals surface area (Å²) in [5.74, 6) is 1.69. The van der Waals surface area contributed by atoms with E-state index in [1.165, 1.54) is 0 Å². The lowest BCUT2D eigenvalue weighted by atomic mass is 10.1. The minimum absolute atomic E-state index is 0.0225. The van der Waals surface area contributed by atoms with Crippen LogP contribution in [0.3, 0.4) is 0 Å². The number of furan rings is 1. The summed E-state index contributed by atoms with van der Waals surface area (Å²) in [7, 11) is 5.58. The molecule has 23 heavy (non-hydrogen) atoms. The van der Waals surface area contributed by atoms with E-state index < -0.39 is 0 Å². The molecule has 1 N–H and O–H groups in total. The minimum atomic E-state index is 0.0225. The van der Waals surface area contributed by atoms with Gasteiger partial charge in [0.2, 0.25) is 5.91 Å². The number of carbonyl (C=O) groups is 1. The summed E-state index contributed by atoms with van der Waals surface area (Å²) in [6, 6.07) is 11.6. The fourth-order valence-electron chi connectivity index (χ4n) is 2.48. The van der Waals surface area contributed by atoms with E-state index in [9.17, 15) is 4.79 Å². The van der Waals surface area contributed by atoms with E-state index in [1.807, 2.05) is 55.4 Å². The van der Waals surface area contributed by atoms with Crippen LogP contribution in [-0.4, -0.2) is 38.6 Å². The van der Waals surface area contributed by atoms with Crippen LogP contribution >= 0.6 is 0 Å². The number of likely N-dealkylation sites (N-methyl/N-ethyl adjacent to an activating group) is 1. The summed E-state index contributed by atoms with van der Waals surface area (Å²) in [5, 5.41) is 2.98. The van der Waals surface area contributed by atoms with Crippen LogP contribution in [0, 0.1) is 0 Å². The maximum atomic E-state index is 12.1. The fraction of sp³-hybridized carbons (Fsp3) is 0.389. The van der Waals surface area contributed by atoms with Gasteiger partial charge in [0.25, 0.3) is 0 Å². The van der Waals surface area contributed by atoms with Crippen molar-refractivity contribution >= 4 is 5.91 Å². The molecule has 0 aliphatic carbocycles. The lowest BCUT2D eigenvalue weighted by Crippen LogP contribution is -2.34. The van der Waals surface area contributed by atoms with Gasteiger partial charge in [0.1, 0.15) is 11.5 Å². The van der Waals surface area contributed by atoms with E-state index >= 15 is 0 Å². The van der Waals surface area contributed by atoms with Crippen LogP contribution in [0.2, 0.25) is 0 Å². The Morgan fingerprint density at radius 3 is 2.70 bits per heavy atom. The molecular weight excluding hydrogens is 292 g/mol. The number of ether oxygens (including phenoxy) is 1. The summed E-state index contributed by atoms with van der Waals surface area (Å²) in [4.78, 5) is 14.1. The first-order chi connectivity index (χ1) is 11.1. The number of amides is 1. The van der Waals surface area contributed by atoms with Gasteiger partial charge in [0, 0.05) is 13.0 Å². The van der Waals surface area contributed by atoms with Gasteiger partial charge in [-0.15, -0.1) is 0 Å². The molecule has 2 rings (SSSR count). The topological polar surface area (TPSA) is 54.7 Å². The normalized spacial score (nSPS) is 12.2. The van der Waals surface area contributed by atoms with Crippen molar-refractivity contribution < 1.29 is 13.9 Å². The highest BCUT2D eigenvalue weighted by Crippen LogP contribution is 2.19. The molecule has 0 spiro atoms. The van der Waals surface area contributed by atoms with E-state index in [4.69, 9.17) is 9.15 Å². The van der Waals surface area contributed by atoms with Crippen LogP contribution < -0.4 is 10.1 Å². The monoisotopic (exact) mass is 316 g/mol. The molecule has 2 aromatic rings. The molecule has 1 atom stereocenters. The van der Waals surface area contributed by atoms with Crippen LogP contribution in [0.25, 0.3) is 0 Å². The van der Waals surface area contributed by atoms with Gasteiger partial charge in [-0.1, -0.05) is 18.2 Å². The van der Waals surface area contributed by atoms with Crippen LogP contribution in [0.1, 0.15) is 23.8 Å². The highest BCUT2D eigenvalue weighted by atomic mass is 16.5. The smallest absolute Gasteiger partial charge is 0.220 e. The molecule has 0 fully saturated rings. The molecule has 0 aliphatic rings. The Hall–Kier alpha value is -2.27. The number of rotatable bonds is 8. The molecule has 0 aliphatic heterocycles. The average molecular weight is 316 g/mol. The molecule has 0 saturated carbocycles. The summed E-state index contributed by atoms with van der Waals surface area (Å²) in [6.45, 7) is 0.519. The van der Waals surface area contributed by atoms with E-state index in [0.717, 1.165) is 17.1 Å². The number of benzene rings is 1. The third kappa shape index (κ3) is 4.86. The van der Waals surface area contributed by atoms with Gasteiger partial charge in [0.05, 0.1) is 19.4 Å². The van der Waals surface area contributed by atoms with Gasteiger partial charge in [-0.05, 0) is 44.3 Å². The van der Waals surface area contributed by atoms with Gasteiger partial charge in [-0.2, -0.15) is 0 Å². The number of aryl methyl sites for hydroxylation is 1. The number of carbonyl (C=O) groups excluding carboxylic acids is 1. The zero-order chi connectivity index (χ0) is 16.7. The highest BCUT2D eigenvalue weighted by Gasteiger charge is 2.17. The van der Waals surface area contributed by atoms with Crippen molar-refractivity contribution in [3.05, 3.63) is 54.0 Å². The Labute approximate surface area is 137 Å². The van der Waals surface area contributed by atoms with Crippen molar-refractivity contribution in [1.82, 2.24) is 10.2 Å². The summed E-state index contributed by atoms with van der Waals surface area (Å²) in [6.07, 6.45) is 2.73. The van der Waals surface area contributed by atoms with Gasteiger partial charge >= 0.3 is 0 Å². The zero-order valence-corrected chi connectivity index (χ0v) is 13.9. The molecule has 0 unspecified atom stereocenters. The lowest BCUT2D eigenvalue weighted by Gasteiger charge is -2.22. The fourth-order valence-corrected chi connectivity index (χ4v) is 2.48. The minimum Gasteiger partial charge on any atom is -0.496 e. The van der Waals surface area contributed by atoms with Crippen LogP contribution in [0.5, 0.6) is 5.75 Å². The van der Waals surface area contributed by atoms with E-state index in [1.54, 1.807) is 13.4 Å². The Morgan fingerprint density at radius 1 is 1.26 bits per heavy atom. The summed E-state index contributed by atoms with van der Waals surface area (Å²) >= 11 is 0. The Balaban J connectivity index is 1.85. The molecule has 0 bridgehead atoms. The van der Waals surface area contributed by atoms with E-state index in [0.29, 0.717) is 19.4 Å². The second-order valence-electron chi connectivity index (χ2n) is 5.61. The third-order valence-electron chi connectivity index (χ3n) is 3.80. The lowest BCUT2D eigenvalue weighted by molar-refractivity contribution is -0.121. The standard InChI is InChI=1S/C18H24N2O3/c1-20(2)15(17-9-6-12-23-17)13-19-18(21)11-10-14-7-4-5-8-16(14)22-3/h4-9,12,15H,10-11,13H2,1-3H3,(H,19,21)/t15-/m0/s1. The number of hydrogen-bond acceptors (Lipinski definition) is 4. The van der Waals surface area contributed by atoms with Crippen molar-refractivity contribution in [2.24, 2.45) is 0 Å². The van der Waals surface area contributed by atoms with Crippen LogP contribution in [0.4, 0.5) is 0 Å². The zero-order valence-electron chi connectivity index (χ0n) is 13.9. The number of para-hydroxylation sites is 1. The van der Waals surface area contributed by atoms with Crippen molar-refractivity contribution in [2.75, 3.05) is 27.7 Å². The Morgan fingerprint density at radius 2 is 2.04 bits per heavy atom. The molecule has 124 valence electrons.